The second kappa shape index (κ2) is 4.98. The first-order valence-electron chi connectivity index (χ1n) is 5.36. The van der Waals surface area contributed by atoms with E-state index in [9.17, 15) is 0 Å². The van der Waals surface area contributed by atoms with Crippen LogP contribution in [0.25, 0.3) is 10.6 Å². The van der Waals surface area contributed by atoms with E-state index in [2.05, 4.69) is 18.8 Å². The zero-order chi connectivity index (χ0) is 11.5. The minimum absolute atomic E-state index is 0.679. The number of aromatic nitrogens is 1. The minimum atomic E-state index is 0.679. The van der Waals surface area contributed by atoms with Gasteiger partial charge in [-0.2, -0.15) is 0 Å². The van der Waals surface area contributed by atoms with Crippen molar-refractivity contribution < 1.29 is 0 Å². The third kappa shape index (κ3) is 2.83. The molecule has 0 aliphatic heterocycles. The van der Waals surface area contributed by atoms with Gasteiger partial charge in [0.05, 0.1) is 0 Å². The third-order valence-corrected chi connectivity index (χ3v) is 3.57. The summed E-state index contributed by atoms with van der Waals surface area (Å²) in [5, 5.41) is 1.84. The van der Waals surface area contributed by atoms with Gasteiger partial charge in [0.1, 0.15) is 5.01 Å². The molecule has 2 aromatic rings. The van der Waals surface area contributed by atoms with E-state index in [0.717, 1.165) is 22.0 Å². The van der Waals surface area contributed by atoms with Crippen molar-refractivity contribution in [2.75, 3.05) is 0 Å². The van der Waals surface area contributed by atoms with Gasteiger partial charge in [-0.3, -0.25) is 0 Å². The molecule has 1 aromatic carbocycles. The average Bonchev–Trinajstić information content (AvgIpc) is 2.66. The Morgan fingerprint density at radius 1 is 1.25 bits per heavy atom. The summed E-state index contributed by atoms with van der Waals surface area (Å²) in [6, 6.07) is 7.83. The summed E-state index contributed by atoms with van der Waals surface area (Å²) in [6.07, 6.45) is 3.08. The molecule has 1 aromatic heterocycles. The Bertz CT molecular complexity index is 459. The van der Waals surface area contributed by atoms with E-state index in [1.54, 1.807) is 11.3 Å². The quantitative estimate of drug-likeness (QED) is 0.773. The van der Waals surface area contributed by atoms with Crippen LogP contribution < -0.4 is 0 Å². The highest BCUT2D eigenvalue weighted by Crippen LogP contribution is 2.27. The van der Waals surface area contributed by atoms with Crippen LogP contribution in [-0.2, 0) is 6.42 Å². The topological polar surface area (TPSA) is 12.9 Å². The molecule has 0 N–H and O–H groups in total. The van der Waals surface area contributed by atoms with Gasteiger partial charge in [0.2, 0.25) is 0 Å². The first kappa shape index (κ1) is 11.6. The first-order chi connectivity index (χ1) is 7.65. The summed E-state index contributed by atoms with van der Waals surface area (Å²) >= 11 is 7.62. The number of thiazole rings is 1. The predicted molar refractivity (Wildman–Crippen MR) is 71.1 cm³/mol. The lowest BCUT2D eigenvalue weighted by atomic mass is 10.1. The highest BCUT2D eigenvalue weighted by Gasteiger charge is 2.05. The van der Waals surface area contributed by atoms with Crippen molar-refractivity contribution in [1.82, 2.24) is 4.98 Å². The fourth-order valence-electron chi connectivity index (χ4n) is 1.53. The van der Waals surface area contributed by atoms with Crippen LogP contribution in [0, 0.1) is 5.92 Å². The maximum absolute atomic E-state index is 5.86. The van der Waals surface area contributed by atoms with Gasteiger partial charge in [-0.15, -0.1) is 11.3 Å². The van der Waals surface area contributed by atoms with Crippen molar-refractivity contribution in [2.24, 2.45) is 5.92 Å². The van der Waals surface area contributed by atoms with Gasteiger partial charge >= 0.3 is 0 Å². The summed E-state index contributed by atoms with van der Waals surface area (Å²) in [7, 11) is 0. The van der Waals surface area contributed by atoms with Crippen LogP contribution >= 0.6 is 22.9 Å². The molecule has 0 radical (unpaired) electrons. The highest BCUT2D eigenvalue weighted by atomic mass is 35.5. The van der Waals surface area contributed by atoms with E-state index in [1.807, 2.05) is 30.5 Å². The molecule has 0 aliphatic rings. The average molecular weight is 252 g/mol. The van der Waals surface area contributed by atoms with Crippen molar-refractivity contribution in [1.29, 1.82) is 0 Å². The van der Waals surface area contributed by atoms with Crippen LogP contribution in [0.4, 0.5) is 0 Å². The summed E-state index contributed by atoms with van der Waals surface area (Å²) < 4.78 is 0. The molecule has 2 rings (SSSR count). The van der Waals surface area contributed by atoms with Gasteiger partial charge in [-0.1, -0.05) is 37.6 Å². The van der Waals surface area contributed by atoms with Crippen molar-refractivity contribution in [2.45, 2.75) is 20.3 Å². The molecule has 0 spiro atoms. The molecule has 3 heteroatoms. The Morgan fingerprint density at radius 2 is 1.94 bits per heavy atom. The van der Waals surface area contributed by atoms with Crippen LogP contribution in [0.2, 0.25) is 5.02 Å². The molecule has 1 nitrogen and oxygen atoms in total. The molecule has 0 unspecified atom stereocenters. The lowest BCUT2D eigenvalue weighted by molar-refractivity contribution is 0.653. The largest absolute Gasteiger partial charge is 0.244 e. The molecule has 16 heavy (non-hydrogen) atoms. The van der Waals surface area contributed by atoms with E-state index in [-0.39, 0.29) is 0 Å². The maximum atomic E-state index is 5.86. The molecule has 0 atom stereocenters. The SMILES string of the molecule is CC(C)Cc1cnc(-c2ccc(Cl)cc2)s1. The number of hydrogen-bond acceptors (Lipinski definition) is 2. The smallest absolute Gasteiger partial charge is 0.123 e. The highest BCUT2D eigenvalue weighted by molar-refractivity contribution is 7.15. The third-order valence-electron chi connectivity index (χ3n) is 2.25. The molecule has 84 valence electrons. The second-order valence-electron chi connectivity index (χ2n) is 4.24. The fraction of sp³-hybridized carbons (Fsp3) is 0.308. The van der Waals surface area contributed by atoms with Crippen LogP contribution in [0.15, 0.2) is 30.5 Å². The first-order valence-corrected chi connectivity index (χ1v) is 6.55. The van der Waals surface area contributed by atoms with Crippen molar-refractivity contribution in [3.63, 3.8) is 0 Å². The Hall–Kier alpha value is -0.860. The van der Waals surface area contributed by atoms with Crippen LogP contribution in [0.3, 0.4) is 0 Å². The van der Waals surface area contributed by atoms with E-state index in [1.165, 1.54) is 4.88 Å². The monoisotopic (exact) mass is 251 g/mol. The Morgan fingerprint density at radius 3 is 2.56 bits per heavy atom. The molecular weight excluding hydrogens is 238 g/mol. The number of nitrogens with zero attached hydrogens (tertiary/aromatic N) is 1. The van der Waals surface area contributed by atoms with E-state index in [4.69, 9.17) is 11.6 Å². The minimum Gasteiger partial charge on any atom is -0.244 e. The van der Waals surface area contributed by atoms with Crippen molar-refractivity contribution in [3.05, 3.63) is 40.4 Å². The molecule has 0 bridgehead atoms. The molecule has 0 saturated carbocycles. The summed E-state index contributed by atoms with van der Waals surface area (Å²) in [5.41, 5.74) is 1.14. The Balaban J connectivity index is 2.21. The normalized spacial score (nSPS) is 11.0. The van der Waals surface area contributed by atoms with E-state index < -0.39 is 0 Å². The molecule has 0 amide bonds. The zero-order valence-corrected chi connectivity index (χ0v) is 11.0. The van der Waals surface area contributed by atoms with Gasteiger partial charge in [0, 0.05) is 21.7 Å². The fourth-order valence-corrected chi connectivity index (χ4v) is 2.79. The Kier molecular flexibility index (Phi) is 3.62. The predicted octanol–water partition coefficient (Wildman–Crippen LogP) is 4.66. The molecular formula is C13H14ClNS. The lowest BCUT2D eigenvalue weighted by Gasteiger charge is -1.99. The maximum Gasteiger partial charge on any atom is 0.123 e. The molecule has 0 aliphatic carbocycles. The zero-order valence-electron chi connectivity index (χ0n) is 9.40. The van der Waals surface area contributed by atoms with Gasteiger partial charge in [-0.25, -0.2) is 4.98 Å². The number of halogens is 1. The van der Waals surface area contributed by atoms with Crippen LogP contribution in [0.5, 0.6) is 0 Å². The number of benzene rings is 1. The molecule has 0 fully saturated rings. The lowest BCUT2D eigenvalue weighted by Crippen LogP contribution is -1.89. The molecule has 1 heterocycles. The number of hydrogen-bond donors (Lipinski definition) is 0. The molecule has 0 saturated heterocycles. The Labute approximate surface area is 105 Å². The van der Waals surface area contributed by atoms with Gasteiger partial charge in [-0.05, 0) is 24.5 Å². The van der Waals surface area contributed by atoms with Crippen LogP contribution in [0.1, 0.15) is 18.7 Å². The van der Waals surface area contributed by atoms with Gasteiger partial charge < -0.3 is 0 Å². The second-order valence-corrected chi connectivity index (χ2v) is 5.79. The summed E-state index contributed by atoms with van der Waals surface area (Å²) in [6.45, 7) is 4.45. The number of rotatable bonds is 3. The van der Waals surface area contributed by atoms with E-state index in [0.29, 0.717) is 5.92 Å². The summed E-state index contributed by atoms with van der Waals surface area (Å²) in [5.74, 6) is 0.679. The van der Waals surface area contributed by atoms with Crippen molar-refractivity contribution >= 4 is 22.9 Å². The van der Waals surface area contributed by atoms with Crippen molar-refractivity contribution in [3.8, 4) is 10.6 Å². The van der Waals surface area contributed by atoms with Gasteiger partial charge in [0.25, 0.3) is 0 Å². The standard InChI is InChI=1S/C13H14ClNS/c1-9(2)7-12-8-15-13(16-12)10-3-5-11(14)6-4-10/h3-6,8-9H,7H2,1-2H3. The van der Waals surface area contributed by atoms with Crippen LogP contribution in [-0.4, -0.2) is 4.98 Å². The summed E-state index contributed by atoms with van der Waals surface area (Å²) in [4.78, 5) is 5.79. The van der Waals surface area contributed by atoms with E-state index >= 15 is 0 Å². The van der Waals surface area contributed by atoms with Gasteiger partial charge in [0.15, 0.2) is 0 Å².